The lowest BCUT2D eigenvalue weighted by Gasteiger charge is -1.98. The van der Waals surface area contributed by atoms with Crippen LogP contribution in [0.15, 0.2) is 59.1 Å². The Bertz CT molecular complexity index is 797. The summed E-state index contributed by atoms with van der Waals surface area (Å²) in [6, 6.07) is 13.4. The van der Waals surface area contributed by atoms with Crippen LogP contribution in [-0.2, 0) is 0 Å². The van der Waals surface area contributed by atoms with Crippen LogP contribution in [0.2, 0.25) is 5.02 Å². The predicted molar refractivity (Wildman–Crippen MR) is 79.0 cm³/mol. The van der Waals surface area contributed by atoms with E-state index >= 15 is 0 Å². The lowest BCUT2D eigenvalue weighted by atomic mass is 10.2. The van der Waals surface area contributed by atoms with E-state index in [1.165, 1.54) is 12.3 Å². The predicted octanol–water partition coefficient (Wildman–Crippen LogP) is 4.57. The summed E-state index contributed by atoms with van der Waals surface area (Å²) in [5.41, 5.74) is 1.11. The van der Waals surface area contributed by atoms with Gasteiger partial charge in [-0.25, -0.2) is 4.98 Å². The molecule has 0 bridgehead atoms. The van der Waals surface area contributed by atoms with Gasteiger partial charge in [-0.2, -0.15) is 0 Å². The van der Waals surface area contributed by atoms with Gasteiger partial charge in [-0.3, -0.25) is 10.1 Å². The largest absolute Gasteiger partial charge is 0.436 e. The molecule has 6 heteroatoms. The summed E-state index contributed by atoms with van der Waals surface area (Å²) in [5, 5.41) is 11.7. The molecule has 0 aliphatic carbocycles. The third-order valence-electron chi connectivity index (χ3n) is 2.97. The van der Waals surface area contributed by atoms with Crippen LogP contribution >= 0.6 is 11.6 Å². The maximum atomic E-state index is 11.0. The number of rotatable bonds is 3. The highest BCUT2D eigenvalue weighted by atomic mass is 35.5. The van der Waals surface area contributed by atoms with E-state index in [9.17, 15) is 10.1 Å². The number of hydrogen-bond donors (Lipinski definition) is 0. The van der Waals surface area contributed by atoms with Crippen LogP contribution in [0.3, 0.4) is 0 Å². The van der Waals surface area contributed by atoms with Crippen LogP contribution in [0, 0.1) is 10.1 Å². The van der Waals surface area contributed by atoms with Crippen molar-refractivity contribution in [1.29, 1.82) is 0 Å². The number of aromatic nitrogens is 1. The van der Waals surface area contributed by atoms with E-state index in [1.807, 2.05) is 0 Å². The van der Waals surface area contributed by atoms with Gasteiger partial charge in [-0.15, -0.1) is 0 Å². The van der Waals surface area contributed by atoms with E-state index in [1.54, 1.807) is 42.5 Å². The van der Waals surface area contributed by atoms with Crippen molar-refractivity contribution in [1.82, 2.24) is 4.98 Å². The van der Waals surface area contributed by atoms with E-state index < -0.39 is 4.92 Å². The minimum atomic E-state index is -0.457. The first-order valence-electron chi connectivity index (χ1n) is 6.11. The van der Waals surface area contributed by atoms with Crippen LogP contribution in [0.25, 0.3) is 22.8 Å². The van der Waals surface area contributed by atoms with Crippen molar-refractivity contribution in [3.8, 4) is 22.8 Å². The summed E-state index contributed by atoms with van der Waals surface area (Å²) in [5.74, 6) is 0.743. The van der Waals surface area contributed by atoms with Crippen LogP contribution in [0.5, 0.6) is 0 Å². The number of halogens is 1. The zero-order valence-corrected chi connectivity index (χ0v) is 11.4. The minimum Gasteiger partial charge on any atom is -0.436 e. The zero-order valence-electron chi connectivity index (χ0n) is 10.7. The molecule has 104 valence electrons. The second kappa shape index (κ2) is 5.38. The first kappa shape index (κ1) is 13.3. The van der Waals surface area contributed by atoms with E-state index in [0.29, 0.717) is 16.3 Å². The Hall–Kier alpha value is -2.66. The smallest absolute Gasteiger partial charge is 0.282 e. The average Bonchev–Trinajstić information content (AvgIpc) is 2.97. The summed E-state index contributed by atoms with van der Waals surface area (Å²) in [7, 11) is 0. The topological polar surface area (TPSA) is 69.2 Å². The molecule has 0 amide bonds. The first-order valence-corrected chi connectivity index (χ1v) is 6.48. The van der Waals surface area contributed by atoms with Gasteiger partial charge >= 0.3 is 0 Å². The Morgan fingerprint density at radius 1 is 1.10 bits per heavy atom. The molecule has 0 N–H and O–H groups in total. The normalized spacial score (nSPS) is 10.5. The number of oxazole rings is 1. The average molecular weight is 301 g/mol. The highest BCUT2D eigenvalue weighted by Crippen LogP contribution is 2.31. The zero-order chi connectivity index (χ0) is 14.8. The lowest BCUT2D eigenvalue weighted by molar-refractivity contribution is -0.384. The maximum Gasteiger partial charge on any atom is 0.282 e. The number of para-hydroxylation sites is 1. The Balaban J connectivity index is 2.03. The Labute approximate surface area is 125 Å². The van der Waals surface area contributed by atoms with Gasteiger partial charge in [0.05, 0.1) is 11.1 Å². The summed E-state index contributed by atoms with van der Waals surface area (Å²) < 4.78 is 5.63. The minimum absolute atomic E-state index is 0.0398. The van der Waals surface area contributed by atoms with E-state index in [0.717, 1.165) is 5.56 Å². The van der Waals surface area contributed by atoms with Crippen LogP contribution < -0.4 is 0 Å². The Morgan fingerprint density at radius 3 is 2.52 bits per heavy atom. The van der Waals surface area contributed by atoms with Crippen molar-refractivity contribution in [3.63, 3.8) is 0 Å². The molecule has 0 aliphatic rings. The molecule has 0 saturated carbocycles. The van der Waals surface area contributed by atoms with Crippen LogP contribution in [0.4, 0.5) is 5.69 Å². The molecule has 1 aromatic heterocycles. The second-order valence-electron chi connectivity index (χ2n) is 4.31. The van der Waals surface area contributed by atoms with Crippen molar-refractivity contribution in [2.24, 2.45) is 0 Å². The van der Waals surface area contributed by atoms with Crippen LogP contribution in [-0.4, -0.2) is 9.91 Å². The molecule has 0 spiro atoms. The Morgan fingerprint density at radius 2 is 1.81 bits per heavy atom. The molecule has 3 rings (SSSR count). The van der Waals surface area contributed by atoms with Gasteiger partial charge in [0.25, 0.3) is 5.69 Å². The fourth-order valence-corrected chi connectivity index (χ4v) is 2.09. The maximum absolute atomic E-state index is 11.0. The molecule has 0 unspecified atom stereocenters. The number of hydrogen-bond acceptors (Lipinski definition) is 4. The molecule has 0 radical (unpaired) electrons. The molecule has 0 fully saturated rings. The number of nitro groups is 1. The third-order valence-corrected chi connectivity index (χ3v) is 3.22. The Kier molecular flexibility index (Phi) is 3.41. The summed E-state index contributed by atoms with van der Waals surface area (Å²) in [6.45, 7) is 0. The van der Waals surface area contributed by atoms with Gasteiger partial charge in [-0.05, 0) is 30.3 Å². The fraction of sp³-hybridized carbons (Fsp3) is 0. The summed E-state index contributed by atoms with van der Waals surface area (Å²) >= 11 is 5.83. The molecule has 1 heterocycles. The summed E-state index contributed by atoms with van der Waals surface area (Å²) in [4.78, 5) is 14.7. The molecule has 5 nitrogen and oxygen atoms in total. The van der Waals surface area contributed by atoms with Gasteiger partial charge in [0.1, 0.15) is 5.56 Å². The third kappa shape index (κ3) is 2.64. The molecule has 21 heavy (non-hydrogen) atoms. The highest BCUT2D eigenvalue weighted by Gasteiger charge is 2.18. The number of nitrogens with zero attached hydrogens (tertiary/aromatic N) is 2. The molecule has 2 aromatic carbocycles. The van der Waals surface area contributed by atoms with Gasteiger partial charge in [0, 0.05) is 16.7 Å². The molecular weight excluding hydrogens is 292 g/mol. The second-order valence-corrected chi connectivity index (χ2v) is 4.75. The van der Waals surface area contributed by atoms with Crippen molar-refractivity contribution < 1.29 is 9.34 Å². The van der Waals surface area contributed by atoms with Crippen molar-refractivity contribution in [3.05, 3.63) is 69.9 Å². The molecule has 0 atom stereocenters. The summed E-state index contributed by atoms with van der Waals surface area (Å²) in [6.07, 6.45) is 1.54. The number of benzene rings is 2. The van der Waals surface area contributed by atoms with E-state index in [2.05, 4.69) is 4.98 Å². The van der Waals surface area contributed by atoms with E-state index in [-0.39, 0.29) is 11.6 Å². The van der Waals surface area contributed by atoms with E-state index in [4.69, 9.17) is 16.0 Å². The van der Waals surface area contributed by atoms with Gasteiger partial charge in [-0.1, -0.05) is 23.7 Å². The molecule has 0 saturated heterocycles. The monoisotopic (exact) mass is 300 g/mol. The van der Waals surface area contributed by atoms with Gasteiger partial charge < -0.3 is 4.42 Å². The van der Waals surface area contributed by atoms with Crippen molar-refractivity contribution >= 4 is 17.3 Å². The van der Waals surface area contributed by atoms with Gasteiger partial charge in [0.2, 0.25) is 5.89 Å². The lowest BCUT2D eigenvalue weighted by Crippen LogP contribution is -1.91. The standard InChI is InChI=1S/C15H9ClN2O3/c16-11-7-5-10(6-8-11)14-9-17-15(21-14)12-3-1-2-4-13(12)18(19)20/h1-9H. The van der Waals surface area contributed by atoms with Crippen molar-refractivity contribution in [2.75, 3.05) is 0 Å². The molecule has 3 aromatic rings. The fourth-order valence-electron chi connectivity index (χ4n) is 1.96. The van der Waals surface area contributed by atoms with Gasteiger partial charge in [0.15, 0.2) is 5.76 Å². The highest BCUT2D eigenvalue weighted by molar-refractivity contribution is 6.30. The first-order chi connectivity index (χ1) is 10.1. The number of nitro benzene ring substituents is 1. The molecular formula is C15H9ClN2O3. The van der Waals surface area contributed by atoms with Crippen molar-refractivity contribution in [2.45, 2.75) is 0 Å². The SMILES string of the molecule is O=[N+]([O-])c1ccccc1-c1ncc(-c2ccc(Cl)cc2)o1. The van der Waals surface area contributed by atoms with Crippen LogP contribution in [0.1, 0.15) is 0 Å². The molecule has 0 aliphatic heterocycles. The quantitative estimate of drug-likeness (QED) is 0.525.